The molecule has 1 saturated heterocycles. The molecule has 116 valence electrons. The molecule has 2 aliphatic rings. The van der Waals surface area contributed by atoms with Crippen LogP contribution in [0.2, 0.25) is 0 Å². The lowest BCUT2D eigenvalue weighted by Crippen LogP contribution is -2.44. The number of anilines is 1. The third kappa shape index (κ3) is 3.81. The molecule has 1 amide bonds. The number of fused-ring (bicyclic) bond motifs is 1. The average molecular weight is 333 g/mol. The fourth-order valence-corrected chi connectivity index (χ4v) is 3.47. The summed E-state index contributed by atoms with van der Waals surface area (Å²) < 4.78 is 18.6. The number of halogens is 2. The molecule has 2 aliphatic heterocycles. The van der Waals surface area contributed by atoms with Gasteiger partial charge in [-0.15, -0.1) is 12.4 Å². The van der Waals surface area contributed by atoms with Crippen LogP contribution in [-0.4, -0.2) is 43.2 Å². The van der Waals surface area contributed by atoms with Crippen LogP contribution in [0.4, 0.5) is 10.1 Å². The van der Waals surface area contributed by atoms with Gasteiger partial charge in [-0.25, -0.2) is 4.39 Å². The van der Waals surface area contributed by atoms with Crippen LogP contribution in [-0.2, 0) is 4.79 Å². The first-order chi connectivity index (χ1) is 9.74. The molecule has 2 heterocycles. The topological polar surface area (TPSA) is 41.6 Å². The Kier molecular flexibility index (Phi) is 5.72. The molecule has 21 heavy (non-hydrogen) atoms. The number of thioether (sulfide) groups is 1. The van der Waals surface area contributed by atoms with Crippen molar-refractivity contribution < 1.29 is 13.9 Å². The molecule has 1 aromatic rings. The molecule has 1 N–H and O–H groups in total. The van der Waals surface area contributed by atoms with Crippen LogP contribution in [0.25, 0.3) is 0 Å². The van der Waals surface area contributed by atoms with E-state index >= 15 is 0 Å². The van der Waals surface area contributed by atoms with Gasteiger partial charge in [0, 0.05) is 36.6 Å². The number of ether oxygens (including phenoxy) is 1. The van der Waals surface area contributed by atoms with Crippen LogP contribution in [0.3, 0.4) is 0 Å². The molecular weight excluding hydrogens is 315 g/mol. The minimum atomic E-state index is -0.344. The average Bonchev–Trinajstić information content (AvgIpc) is 2.47. The van der Waals surface area contributed by atoms with Crippen molar-refractivity contribution in [1.82, 2.24) is 5.32 Å². The number of nitrogens with one attached hydrogen (secondary N) is 1. The number of hydrogen-bond acceptors (Lipinski definition) is 4. The third-order valence-corrected chi connectivity index (χ3v) is 4.64. The van der Waals surface area contributed by atoms with E-state index in [-0.39, 0.29) is 30.2 Å². The van der Waals surface area contributed by atoms with Gasteiger partial charge in [0.05, 0.1) is 12.2 Å². The molecule has 4 nitrogen and oxygen atoms in total. The zero-order valence-electron chi connectivity index (χ0n) is 11.5. The summed E-state index contributed by atoms with van der Waals surface area (Å²) in [6.45, 7) is 1.89. The van der Waals surface area contributed by atoms with Crippen molar-refractivity contribution in [3.63, 3.8) is 0 Å². The van der Waals surface area contributed by atoms with E-state index in [0.717, 1.165) is 18.1 Å². The number of hydrogen-bond donors (Lipinski definition) is 1. The Morgan fingerprint density at radius 1 is 1.52 bits per heavy atom. The van der Waals surface area contributed by atoms with Gasteiger partial charge < -0.3 is 15.0 Å². The Morgan fingerprint density at radius 3 is 3.14 bits per heavy atom. The Balaban J connectivity index is 0.00000161. The summed E-state index contributed by atoms with van der Waals surface area (Å²) in [7, 11) is 0. The summed E-state index contributed by atoms with van der Waals surface area (Å²) >= 11 is 1.87. The van der Waals surface area contributed by atoms with Crippen molar-refractivity contribution in [1.29, 1.82) is 0 Å². The molecule has 7 heteroatoms. The lowest BCUT2D eigenvalue weighted by molar-refractivity contribution is -0.119. The molecule has 0 bridgehead atoms. The first-order valence-corrected chi connectivity index (χ1v) is 7.93. The number of benzene rings is 1. The highest BCUT2D eigenvalue weighted by Gasteiger charge is 2.26. The van der Waals surface area contributed by atoms with Gasteiger partial charge in [-0.3, -0.25) is 4.79 Å². The van der Waals surface area contributed by atoms with Crippen LogP contribution in [0, 0.1) is 5.82 Å². The fraction of sp³-hybridized carbons (Fsp3) is 0.500. The monoisotopic (exact) mass is 332 g/mol. The molecule has 0 radical (unpaired) electrons. The van der Waals surface area contributed by atoms with E-state index in [0.29, 0.717) is 31.0 Å². The summed E-state index contributed by atoms with van der Waals surface area (Å²) in [6.07, 6.45) is 0.476. The number of carbonyl (C=O) groups is 1. The zero-order chi connectivity index (χ0) is 13.9. The van der Waals surface area contributed by atoms with Crippen LogP contribution >= 0.6 is 24.2 Å². The Labute approximate surface area is 133 Å². The Hall–Kier alpha value is -0.980. The summed E-state index contributed by atoms with van der Waals surface area (Å²) in [6, 6.07) is 4.55. The molecule has 0 aromatic heterocycles. The van der Waals surface area contributed by atoms with Crippen molar-refractivity contribution in [2.45, 2.75) is 12.5 Å². The fourth-order valence-electron chi connectivity index (χ4n) is 2.52. The van der Waals surface area contributed by atoms with Crippen LogP contribution in [0.1, 0.15) is 6.42 Å². The SMILES string of the molecule is Cl.O=C(CC1CSCCN1)N1CCOc2cc(F)ccc21. The quantitative estimate of drug-likeness (QED) is 0.900. The number of rotatable bonds is 2. The van der Waals surface area contributed by atoms with E-state index < -0.39 is 0 Å². The Morgan fingerprint density at radius 2 is 2.38 bits per heavy atom. The second-order valence-corrected chi connectivity index (χ2v) is 6.09. The standard InChI is InChI=1S/C14H17FN2O2S.ClH/c15-10-1-2-12-13(7-10)19-5-4-17(12)14(18)8-11-9-20-6-3-16-11;/h1-2,7,11,16H,3-6,8-9H2;1H. The van der Waals surface area contributed by atoms with Crippen molar-refractivity contribution in [2.24, 2.45) is 0 Å². The predicted molar refractivity (Wildman–Crippen MR) is 85.2 cm³/mol. The van der Waals surface area contributed by atoms with Crippen molar-refractivity contribution in [2.75, 3.05) is 36.1 Å². The van der Waals surface area contributed by atoms with Gasteiger partial charge in [0.1, 0.15) is 18.2 Å². The van der Waals surface area contributed by atoms with Gasteiger partial charge >= 0.3 is 0 Å². The van der Waals surface area contributed by atoms with Gasteiger partial charge in [-0.05, 0) is 12.1 Å². The van der Waals surface area contributed by atoms with E-state index in [4.69, 9.17) is 4.74 Å². The van der Waals surface area contributed by atoms with Gasteiger partial charge in [0.25, 0.3) is 0 Å². The largest absolute Gasteiger partial charge is 0.489 e. The lowest BCUT2D eigenvalue weighted by atomic mass is 10.1. The maximum atomic E-state index is 13.2. The van der Waals surface area contributed by atoms with Crippen molar-refractivity contribution >= 4 is 35.8 Å². The van der Waals surface area contributed by atoms with Crippen LogP contribution in [0.5, 0.6) is 5.75 Å². The molecule has 3 rings (SSSR count). The Bertz CT molecular complexity index is 512. The van der Waals surface area contributed by atoms with E-state index in [9.17, 15) is 9.18 Å². The lowest BCUT2D eigenvalue weighted by Gasteiger charge is -2.31. The minimum Gasteiger partial charge on any atom is -0.489 e. The molecule has 1 unspecified atom stereocenters. The number of carbonyl (C=O) groups excluding carboxylic acids is 1. The number of amides is 1. The van der Waals surface area contributed by atoms with Gasteiger partial charge in [-0.1, -0.05) is 0 Å². The molecule has 1 fully saturated rings. The van der Waals surface area contributed by atoms with E-state index in [2.05, 4.69) is 5.32 Å². The second-order valence-electron chi connectivity index (χ2n) is 4.94. The first-order valence-electron chi connectivity index (χ1n) is 6.78. The minimum absolute atomic E-state index is 0. The van der Waals surface area contributed by atoms with Gasteiger partial charge in [-0.2, -0.15) is 11.8 Å². The number of nitrogens with zero attached hydrogens (tertiary/aromatic N) is 1. The highest BCUT2D eigenvalue weighted by Crippen LogP contribution is 2.32. The van der Waals surface area contributed by atoms with Crippen LogP contribution in [0.15, 0.2) is 18.2 Å². The molecule has 0 aliphatic carbocycles. The third-order valence-electron chi connectivity index (χ3n) is 3.51. The maximum absolute atomic E-state index is 13.2. The van der Waals surface area contributed by atoms with Gasteiger partial charge in [0.15, 0.2) is 0 Å². The summed E-state index contributed by atoms with van der Waals surface area (Å²) in [5.74, 6) is 2.25. The summed E-state index contributed by atoms with van der Waals surface area (Å²) in [4.78, 5) is 14.1. The molecule has 0 saturated carbocycles. The zero-order valence-corrected chi connectivity index (χ0v) is 13.1. The van der Waals surface area contributed by atoms with Gasteiger partial charge in [0.2, 0.25) is 5.91 Å². The van der Waals surface area contributed by atoms with E-state index in [1.165, 1.54) is 12.1 Å². The normalized spacial score (nSPS) is 21.0. The molecule has 0 spiro atoms. The molecule has 1 aromatic carbocycles. The van der Waals surface area contributed by atoms with Crippen molar-refractivity contribution in [3.8, 4) is 5.75 Å². The van der Waals surface area contributed by atoms with Crippen LogP contribution < -0.4 is 15.0 Å². The smallest absolute Gasteiger partial charge is 0.228 e. The molecular formula is C14H18ClFN2O2S. The molecule has 1 atom stereocenters. The highest BCUT2D eigenvalue weighted by atomic mass is 35.5. The first kappa shape index (κ1) is 16.4. The maximum Gasteiger partial charge on any atom is 0.228 e. The predicted octanol–water partition coefficient (Wildman–Crippen LogP) is 2.07. The highest BCUT2D eigenvalue weighted by molar-refractivity contribution is 7.99. The van der Waals surface area contributed by atoms with E-state index in [1.807, 2.05) is 11.8 Å². The van der Waals surface area contributed by atoms with Crippen molar-refractivity contribution in [3.05, 3.63) is 24.0 Å². The van der Waals surface area contributed by atoms with E-state index in [1.54, 1.807) is 11.0 Å². The summed E-state index contributed by atoms with van der Waals surface area (Å²) in [5, 5.41) is 3.36. The summed E-state index contributed by atoms with van der Waals surface area (Å²) in [5.41, 5.74) is 0.672. The second kappa shape index (κ2) is 7.33.